The topological polar surface area (TPSA) is 44.6 Å². The number of carbonyl (C=O) groups is 1. The van der Waals surface area contributed by atoms with Crippen LogP contribution in [0.4, 0.5) is 11.4 Å². The number of hydrogen-bond acceptors (Lipinski definition) is 4. The number of carbonyl (C=O) groups excluding carboxylic acids is 1. The second-order valence-electron chi connectivity index (χ2n) is 13.8. The first-order chi connectivity index (χ1) is 22.1. The summed E-state index contributed by atoms with van der Waals surface area (Å²) in [5.74, 6) is -0.123. The van der Waals surface area contributed by atoms with Crippen LogP contribution in [0.2, 0.25) is 0 Å². The molecule has 5 rings (SSSR count). The van der Waals surface area contributed by atoms with Gasteiger partial charge in [0.25, 0.3) is 0 Å². The number of benzene rings is 2. The van der Waals surface area contributed by atoms with Gasteiger partial charge in [-0.1, -0.05) is 68.8 Å². The number of para-hydroxylation sites is 2. The normalized spacial score (nSPS) is 20.2. The minimum atomic E-state index is -0.123. The quantitative estimate of drug-likeness (QED) is 0.146. The van der Waals surface area contributed by atoms with E-state index in [1.807, 2.05) is 0 Å². The Balaban J connectivity index is 1.48. The molecule has 46 heavy (non-hydrogen) atoms. The van der Waals surface area contributed by atoms with Crippen LogP contribution in [0.5, 0.6) is 0 Å². The van der Waals surface area contributed by atoms with Crippen molar-refractivity contribution in [3.05, 3.63) is 107 Å². The molecule has 5 heteroatoms. The molecule has 1 N–H and O–H groups in total. The molecule has 3 aliphatic rings. The van der Waals surface area contributed by atoms with E-state index >= 15 is 0 Å². The molecule has 244 valence electrons. The standard InChI is InChI=1S/C41H53N3O2/c1-8-43-34-22-14-12-20-32(34)40(3,4)36(43)27-25-30-18-17-19-31(39(30)42-29-16-10-11-24-38(45)46-7)26-28-37-41(5,6)33-21-13-15-23-35(33)44(37)9-2/h12-15,20-23,25-28H,8-11,16-19,24,29H2,1-7H3/p+1/b30-25+,36-27+. The molecule has 0 aromatic heterocycles. The first-order valence-corrected chi connectivity index (χ1v) is 17.4. The Morgan fingerprint density at radius 1 is 0.913 bits per heavy atom. The zero-order valence-electron chi connectivity index (χ0n) is 29.2. The first kappa shape index (κ1) is 33.5. The molecule has 0 radical (unpaired) electrons. The fraction of sp³-hybridized carbons (Fsp3) is 0.463. The summed E-state index contributed by atoms with van der Waals surface area (Å²) in [6.07, 6.45) is 16.1. The molecular formula is C41H54N3O2+. The van der Waals surface area contributed by atoms with Gasteiger partial charge in [0.2, 0.25) is 5.69 Å². The third-order valence-corrected chi connectivity index (χ3v) is 10.2. The predicted octanol–water partition coefficient (Wildman–Crippen LogP) is 9.03. The molecule has 2 aromatic carbocycles. The molecule has 2 aliphatic heterocycles. The number of methoxy groups -OCH3 is 1. The fourth-order valence-electron chi connectivity index (χ4n) is 7.69. The van der Waals surface area contributed by atoms with Crippen LogP contribution in [0.3, 0.4) is 0 Å². The van der Waals surface area contributed by atoms with Crippen LogP contribution >= 0.6 is 0 Å². The van der Waals surface area contributed by atoms with Gasteiger partial charge in [-0.2, -0.15) is 4.58 Å². The van der Waals surface area contributed by atoms with Gasteiger partial charge in [0.1, 0.15) is 6.54 Å². The summed E-state index contributed by atoms with van der Waals surface area (Å²) in [4.78, 5) is 14.1. The molecular weight excluding hydrogens is 566 g/mol. The summed E-state index contributed by atoms with van der Waals surface area (Å²) in [6, 6.07) is 17.7. The van der Waals surface area contributed by atoms with Crippen LogP contribution in [-0.4, -0.2) is 43.0 Å². The minimum absolute atomic E-state index is 0.0542. The molecule has 0 fully saturated rings. The third-order valence-electron chi connectivity index (χ3n) is 10.2. The van der Waals surface area contributed by atoms with Gasteiger partial charge in [-0.3, -0.25) is 4.79 Å². The van der Waals surface area contributed by atoms with E-state index < -0.39 is 0 Å². The monoisotopic (exact) mass is 620 g/mol. The lowest BCUT2D eigenvalue weighted by molar-refractivity contribution is -0.433. The molecule has 0 bridgehead atoms. The summed E-state index contributed by atoms with van der Waals surface area (Å²) in [5, 5.41) is 3.88. The van der Waals surface area contributed by atoms with Crippen molar-refractivity contribution in [3.8, 4) is 0 Å². The molecule has 0 spiro atoms. The highest BCUT2D eigenvalue weighted by Gasteiger charge is 2.43. The van der Waals surface area contributed by atoms with Crippen molar-refractivity contribution in [3.63, 3.8) is 0 Å². The van der Waals surface area contributed by atoms with E-state index in [-0.39, 0.29) is 16.8 Å². The molecule has 5 nitrogen and oxygen atoms in total. The maximum atomic E-state index is 11.6. The van der Waals surface area contributed by atoms with Gasteiger partial charge in [0, 0.05) is 59.7 Å². The summed E-state index contributed by atoms with van der Waals surface area (Å²) < 4.78 is 7.30. The smallest absolute Gasteiger partial charge is 0.305 e. The van der Waals surface area contributed by atoms with Crippen LogP contribution in [0.15, 0.2) is 95.4 Å². The van der Waals surface area contributed by atoms with E-state index in [0.717, 1.165) is 58.2 Å². The highest BCUT2D eigenvalue weighted by atomic mass is 16.5. The number of likely N-dealkylation sites (N-methyl/N-ethyl adjacent to an activating group) is 1. The van der Waals surface area contributed by atoms with Gasteiger partial charge in [0.15, 0.2) is 5.71 Å². The first-order valence-electron chi connectivity index (χ1n) is 17.4. The lowest BCUT2D eigenvalue weighted by Crippen LogP contribution is -2.28. The lowest BCUT2D eigenvalue weighted by Gasteiger charge is -2.27. The highest BCUT2D eigenvalue weighted by Crippen LogP contribution is 2.47. The summed E-state index contributed by atoms with van der Waals surface area (Å²) in [7, 11) is 1.46. The molecule has 0 unspecified atom stereocenters. The van der Waals surface area contributed by atoms with Crippen molar-refractivity contribution in [1.82, 2.24) is 5.32 Å². The van der Waals surface area contributed by atoms with E-state index in [0.29, 0.717) is 6.42 Å². The minimum Gasteiger partial charge on any atom is -0.469 e. The van der Waals surface area contributed by atoms with E-state index in [4.69, 9.17) is 4.74 Å². The van der Waals surface area contributed by atoms with E-state index in [1.54, 1.807) is 0 Å². The SMILES string of the molecule is CCN1/C(=C/C=C2\CCCC(/C=C/C3=[N+](CC)c4ccccc4C3(C)C)=C2NCCCCCC(=O)OC)C(C)(C)c2ccccc21. The van der Waals surface area contributed by atoms with Gasteiger partial charge >= 0.3 is 5.97 Å². The van der Waals surface area contributed by atoms with Crippen LogP contribution in [0, 0.1) is 0 Å². The number of hydrogen-bond donors (Lipinski definition) is 1. The van der Waals surface area contributed by atoms with Crippen molar-refractivity contribution in [1.29, 1.82) is 0 Å². The molecule has 2 heterocycles. The van der Waals surface area contributed by atoms with E-state index in [9.17, 15) is 4.79 Å². The van der Waals surface area contributed by atoms with Gasteiger partial charge in [0.05, 0.1) is 12.5 Å². The number of allylic oxidation sites excluding steroid dienone is 7. The molecule has 0 amide bonds. The van der Waals surface area contributed by atoms with Crippen LogP contribution < -0.4 is 10.2 Å². The Labute approximate surface area is 277 Å². The molecule has 2 aromatic rings. The maximum absolute atomic E-state index is 11.6. The molecule has 1 aliphatic carbocycles. The Morgan fingerprint density at radius 3 is 2.39 bits per heavy atom. The third kappa shape index (κ3) is 6.52. The summed E-state index contributed by atoms with van der Waals surface area (Å²) in [6.45, 7) is 16.7. The highest BCUT2D eigenvalue weighted by molar-refractivity contribution is 6.03. The molecule has 0 atom stereocenters. The Hall–Kier alpha value is -3.86. The van der Waals surface area contributed by atoms with Gasteiger partial charge in [-0.05, 0) is 88.7 Å². The van der Waals surface area contributed by atoms with Crippen LogP contribution in [-0.2, 0) is 20.4 Å². The van der Waals surface area contributed by atoms with E-state index in [1.165, 1.54) is 57.9 Å². The number of rotatable bonds is 12. The second-order valence-corrected chi connectivity index (χ2v) is 13.8. The van der Waals surface area contributed by atoms with Crippen molar-refractivity contribution in [2.24, 2.45) is 0 Å². The Morgan fingerprint density at radius 2 is 1.65 bits per heavy atom. The van der Waals surface area contributed by atoms with Crippen molar-refractivity contribution in [2.75, 3.05) is 31.6 Å². The number of anilines is 1. The zero-order chi connectivity index (χ0) is 32.9. The van der Waals surface area contributed by atoms with Gasteiger partial charge in [-0.15, -0.1) is 0 Å². The van der Waals surface area contributed by atoms with Crippen molar-refractivity contribution >= 4 is 23.1 Å². The average Bonchev–Trinajstić information content (AvgIpc) is 3.42. The number of nitrogens with zero attached hydrogens (tertiary/aromatic N) is 2. The summed E-state index contributed by atoms with van der Waals surface area (Å²) in [5.41, 5.74) is 12.1. The van der Waals surface area contributed by atoms with Crippen LogP contribution in [0.25, 0.3) is 0 Å². The summed E-state index contributed by atoms with van der Waals surface area (Å²) >= 11 is 0. The fourth-order valence-corrected chi connectivity index (χ4v) is 7.69. The van der Waals surface area contributed by atoms with E-state index in [2.05, 4.69) is 129 Å². The number of nitrogens with one attached hydrogen (secondary N) is 1. The molecule has 0 saturated heterocycles. The zero-order valence-corrected chi connectivity index (χ0v) is 29.2. The van der Waals surface area contributed by atoms with Crippen molar-refractivity contribution in [2.45, 2.75) is 97.3 Å². The second kappa shape index (κ2) is 14.3. The van der Waals surface area contributed by atoms with Gasteiger partial charge < -0.3 is 15.0 Å². The maximum Gasteiger partial charge on any atom is 0.305 e. The lowest BCUT2D eigenvalue weighted by atomic mass is 9.81. The largest absolute Gasteiger partial charge is 0.469 e. The average molecular weight is 621 g/mol. The number of esters is 1. The number of ether oxygens (including phenoxy) is 1. The number of fused-ring (bicyclic) bond motifs is 2. The van der Waals surface area contributed by atoms with Crippen molar-refractivity contribution < 1.29 is 14.1 Å². The van der Waals surface area contributed by atoms with Crippen LogP contribution in [0.1, 0.15) is 97.6 Å². The van der Waals surface area contributed by atoms with Gasteiger partial charge in [-0.25, -0.2) is 0 Å². The number of unbranched alkanes of at least 4 members (excludes halogenated alkanes) is 2. The Bertz CT molecular complexity index is 1600. The predicted molar refractivity (Wildman–Crippen MR) is 192 cm³/mol. The Kier molecular flexibility index (Phi) is 10.4. The molecule has 0 saturated carbocycles.